The molecule has 0 aliphatic heterocycles. The number of pyridine rings is 1. The van der Waals surface area contributed by atoms with Crippen molar-refractivity contribution in [1.82, 2.24) is 4.98 Å². The number of hydrogen-bond acceptors (Lipinski definition) is 2. The average molecular weight is 264 g/mol. The van der Waals surface area contributed by atoms with Crippen LogP contribution in [0.15, 0.2) is 23.0 Å². The Morgan fingerprint density at radius 1 is 1.39 bits per heavy atom. The van der Waals surface area contributed by atoms with Crippen molar-refractivity contribution in [3.8, 4) is 5.75 Å². The van der Waals surface area contributed by atoms with Crippen LogP contribution in [0, 0.1) is 12.8 Å². The van der Waals surface area contributed by atoms with Crippen LogP contribution < -0.4 is 10.3 Å². The highest BCUT2D eigenvalue weighted by molar-refractivity contribution is 6.32. The zero-order valence-corrected chi connectivity index (χ0v) is 10.9. The Kier molecular flexibility index (Phi) is 2.78. The molecule has 1 N–H and O–H groups in total. The SMILES string of the molecule is Cc1cc2cc(Cl)c(OCC3CC3)cc2[nH]c1=O. The minimum absolute atomic E-state index is 0.0713. The van der Waals surface area contributed by atoms with Gasteiger partial charge < -0.3 is 9.72 Å². The van der Waals surface area contributed by atoms with Crippen LogP contribution in [0.4, 0.5) is 0 Å². The van der Waals surface area contributed by atoms with Crippen LogP contribution >= 0.6 is 11.6 Å². The van der Waals surface area contributed by atoms with E-state index >= 15 is 0 Å². The Balaban J connectivity index is 2.01. The van der Waals surface area contributed by atoms with Gasteiger partial charge in [0.25, 0.3) is 5.56 Å². The van der Waals surface area contributed by atoms with Crippen LogP contribution in [-0.4, -0.2) is 11.6 Å². The number of benzene rings is 1. The highest BCUT2D eigenvalue weighted by atomic mass is 35.5. The summed E-state index contributed by atoms with van der Waals surface area (Å²) in [5, 5.41) is 1.52. The van der Waals surface area contributed by atoms with E-state index in [0.717, 1.165) is 10.9 Å². The third-order valence-corrected chi connectivity index (χ3v) is 3.55. The number of rotatable bonds is 3. The third-order valence-electron chi connectivity index (χ3n) is 3.25. The molecule has 94 valence electrons. The van der Waals surface area contributed by atoms with E-state index in [2.05, 4.69) is 4.98 Å². The van der Waals surface area contributed by atoms with Crippen LogP contribution in [0.1, 0.15) is 18.4 Å². The Hall–Kier alpha value is -1.48. The van der Waals surface area contributed by atoms with Crippen molar-refractivity contribution in [3.63, 3.8) is 0 Å². The molecule has 4 heteroatoms. The average Bonchev–Trinajstić information content (AvgIpc) is 3.13. The summed E-state index contributed by atoms with van der Waals surface area (Å²) in [6.07, 6.45) is 2.47. The summed E-state index contributed by atoms with van der Waals surface area (Å²) in [4.78, 5) is 14.4. The summed E-state index contributed by atoms with van der Waals surface area (Å²) in [6, 6.07) is 5.48. The fraction of sp³-hybridized carbons (Fsp3) is 0.357. The monoisotopic (exact) mass is 263 g/mol. The smallest absolute Gasteiger partial charge is 0.251 e. The molecule has 0 radical (unpaired) electrons. The maximum atomic E-state index is 11.6. The fourth-order valence-corrected chi connectivity index (χ4v) is 2.15. The van der Waals surface area contributed by atoms with Gasteiger partial charge in [-0.05, 0) is 37.8 Å². The zero-order valence-electron chi connectivity index (χ0n) is 10.1. The Bertz CT molecular complexity index is 659. The summed E-state index contributed by atoms with van der Waals surface area (Å²) in [7, 11) is 0. The molecule has 1 aromatic heterocycles. The fourth-order valence-electron chi connectivity index (χ4n) is 1.92. The first-order chi connectivity index (χ1) is 8.63. The lowest BCUT2D eigenvalue weighted by Gasteiger charge is -2.09. The molecule has 1 fully saturated rings. The lowest BCUT2D eigenvalue weighted by atomic mass is 10.1. The molecular formula is C14H14ClNO2. The quantitative estimate of drug-likeness (QED) is 0.923. The van der Waals surface area contributed by atoms with Crippen molar-refractivity contribution in [1.29, 1.82) is 0 Å². The normalized spacial score (nSPS) is 15.0. The van der Waals surface area contributed by atoms with Gasteiger partial charge in [-0.15, -0.1) is 0 Å². The maximum Gasteiger partial charge on any atom is 0.251 e. The molecule has 0 spiro atoms. The molecule has 0 unspecified atom stereocenters. The number of aromatic nitrogens is 1. The molecular weight excluding hydrogens is 250 g/mol. The molecule has 1 heterocycles. The highest BCUT2D eigenvalue weighted by Gasteiger charge is 2.22. The number of H-pyrrole nitrogens is 1. The number of hydrogen-bond donors (Lipinski definition) is 1. The molecule has 0 atom stereocenters. The molecule has 1 saturated carbocycles. The minimum atomic E-state index is -0.0713. The summed E-state index contributed by atoms with van der Waals surface area (Å²) in [5.74, 6) is 1.32. The van der Waals surface area contributed by atoms with Crippen LogP contribution in [0.2, 0.25) is 5.02 Å². The molecule has 18 heavy (non-hydrogen) atoms. The number of aromatic amines is 1. The number of halogens is 1. The van der Waals surface area contributed by atoms with E-state index in [9.17, 15) is 4.79 Å². The van der Waals surface area contributed by atoms with Gasteiger partial charge in [0, 0.05) is 17.0 Å². The second kappa shape index (κ2) is 4.32. The van der Waals surface area contributed by atoms with Gasteiger partial charge in [0.2, 0.25) is 0 Å². The van der Waals surface area contributed by atoms with E-state index in [-0.39, 0.29) is 5.56 Å². The lowest BCUT2D eigenvalue weighted by molar-refractivity contribution is 0.300. The highest BCUT2D eigenvalue weighted by Crippen LogP contribution is 2.33. The van der Waals surface area contributed by atoms with E-state index in [1.165, 1.54) is 12.8 Å². The van der Waals surface area contributed by atoms with Crippen molar-refractivity contribution in [3.05, 3.63) is 39.1 Å². The van der Waals surface area contributed by atoms with E-state index < -0.39 is 0 Å². The molecule has 1 aliphatic carbocycles. The largest absolute Gasteiger partial charge is 0.492 e. The molecule has 0 bridgehead atoms. The summed E-state index contributed by atoms with van der Waals surface area (Å²) in [5.41, 5.74) is 1.38. The first-order valence-corrected chi connectivity index (χ1v) is 6.47. The van der Waals surface area contributed by atoms with Gasteiger partial charge in [0.05, 0.1) is 17.1 Å². The van der Waals surface area contributed by atoms with Crippen LogP contribution in [0.3, 0.4) is 0 Å². The van der Waals surface area contributed by atoms with Crippen LogP contribution in [0.5, 0.6) is 5.75 Å². The van der Waals surface area contributed by atoms with Gasteiger partial charge in [0.15, 0.2) is 0 Å². The third kappa shape index (κ3) is 2.23. The maximum absolute atomic E-state index is 11.6. The standard InChI is InChI=1S/C14H14ClNO2/c1-8-4-10-5-11(15)13(18-7-9-2-3-9)6-12(10)16-14(8)17/h4-6,9H,2-3,7H2,1H3,(H,16,17). The molecule has 0 saturated heterocycles. The van der Waals surface area contributed by atoms with Crippen molar-refractivity contribution in [2.75, 3.05) is 6.61 Å². The number of fused-ring (bicyclic) bond motifs is 1. The number of aryl methyl sites for hydroxylation is 1. The zero-order chi connectivity index (χ0) is 12.7. The van der Waals surface area contributed by atoms with Gasteiger partial charge in [0.1, 0.15) is 5.75 Å². The van der Waals surface area contributed by atoms with E-state index in [1.807, 2.05) is 12.1 Å². The summed E-state index contributed by atoms with van der Waals surface area (Å²) >= 11 is 6.18. The summed E-state index contributed by atoms with van der Waals surface area (Å²) < 4.78 is 5.68. The molecule has 0 amide bonds. The second-order valence-electron chi connectivity index (χ2n) is 4.91. The second-order valence-corrected chi connectivity index (χ2v) is 5.31. The predicted octanol–water partition coefficient (Wildman–Crippen LogP) is 3.28. The molecule has 3 rings (SSSR count). The van der Waals surface area contributed by atoms with E-state index in [4.69, 9.17) is 16.3 Å². The van der Waals surface area contributed by atoms with Crippen molar-refractivity contribution in [2.24, 2.45) is 5.92 Å². The van der Waals surface area contributed by atoms with Crippen molar-refractivity contribution >= 4 is 22.5 Å². The molecule has 1 aromatic carbocycles. The lowest BCUT2D eigenvalue weighted by Crippen LogP contribution is -2.08. The van der Waals surface area contributed by atoms with Crippen molar-refractivity contribution < 1.29 is 4.74 Å². The molecule has 1 aliphatic rings. The van der Waals surface area contributed by atoms with Crippen molar-refractivity contribution in [2.45, 2.75) is 19.8 Å². The molecule has 3 nitrogen and oxygen atoms in total. The van der Waals surface area contributed by atoms with Gasteiger partial charge >= 0.3 is 0 Å². The number of ether oxygens (including phenoxy) is 1. The molecule has 2 aromatic rings. The topological polar surface area (TPSA) is 42.1 Å². The first kappa shape index (κ1) is 11.6. The van der Waals surface area contributed by atoms with Crippen LogP contribution in [0.25, 0.3) is 10.9 Å². The summed E-state index contributed by atoms with van der Waals surface area (Å²) in [6.45, 7) is 2.49. The van der Waals surface area contributed by atoms with Gasteiger partial charge in [-0.3, -0.25) is 4.79 Å². The van der Waals surface area contributed by atoms with E-state index in [0.29, 0.717) is 28.9 Å². The Morgan fingerprint density at radius 2 is 2.17 bits per heavy atom. The Labute approximate surface area is 110 Å². The van der Waals surface area contributed by atoms with Crippen LogP contribution in [-0.2, 0) is 0 Å². The van der Waals surface area contributed by atoms with Gasteiger partial charge in [-0.1, -0.05) is 11.6 Å². The first-order valence-electron chi connectivity index (χ1n) is 6.09. The predicted molar refractivity (Wildman–Crippen MR) is 72.5 cm³/mol. The van der Waals surface area contributed by atoms with Gasteiger partial charge in [-0.2, -0.15) is 0 Å². The van der Waals surface area contributed by atoms with Gasteiger partial charge in [-0.25, -0.2) is 0 Å². The minimum Gasteiger partial charge on any atom is -0.492 e. The Morgan fingerprint density at radius 3 is 2.89 bits per heavy atom. The number of nitrogens with one attached hydrogen (secondary N) is 1. The van der Waals surface area contributed by atoms with E-state index in [1.54, 1.807) is 13.0 Å².